The van der Waals surface area contributed by atoms with Crippen LogP contribution in [0.3, 0.4) is 0 Å². The van der Waals surface area contributed by atoms with E-state index in [-0.39, 0.29) is 18.9 Å². The fraction of sp³-hybridized carbons (Fsp3) is 0. The Morgan fingerprint density at radius 2 is 1.41 bits per heavy atom. The summed E-state index contributed by atoms with van der Waals surface area (Å²) in [5, 5.41) is 17.6. The predicted molar refractivity (Wildman–Crippen MR) is 86.7 cm³/mol. The van der Waals surface area contributed by atoms with Crippen molar-refractivity contribution in [2.45, 2.75) is 0 Å². The van der Waals surface area contributed by atoms with Crippen LogP contribution in [0.15, 0.2) is 66.7 Å². The molecule has 4 heteroatoms. The van der Waals surface area contributed by atoms with Gasteiger partial charge in [-0.25, -0.2) is 0 Å². The molecule has 4 rings (SSSR count). The van der Waals surface area contributed by atoms with Crippen LogP contribution in [-0.2, 0) is 0 Å². The SMILES string of the molecule is [Li+].[O-]BOc1cccc2ccc3cc4ccccc4cc3c12. The second-order valence-corrected chi connectivity index (χ2v) is 5.10. The van der Waals surface area contributed by atoms with Gasteiger partial charge in [-0.05, 0) is 45.1 Å². The first-order valence-electron chi connectivity index (χ1n) is 6.92. The van der Waals surface area contributed by atoms with E-state index in [1.54, 1.807) is 0 Å². The van der Waals surface area contributed by atoms with Crippen LogP contribution in [-0.4, -0.2) is 7.69 Å². The number of hydrogen-bond acceptors (Lipinski definition) is 2. The van der Waals surface area contributed by atoms with Crippen molar-refractivity contribution in [3.63, 3.8) is 0 Å². The molecule has 4 aromatic carbocycles. The summed E-state index contributed by atoms with van der Waals surface area (Å²) in [6.07, 6.45) is 0. The monoisotopic (exact) mass is 278 g/mol. The predicted octanol–water partition coefficient (Wildman–Crippen LogP) is 0.156. The van der Waals surface area contributed by atoms with Gasteiger partial charge >= 0.3 is 18.9 Å². The van der Waals surface area contributed by atoms with Crippen molar-refractivity contribution in [2.75, 3.05) is 0 Å². The smallest absolute Gasteiger partial charge is 0.849 e. The van der Waals surface area contributed by atoms with Crippen molar-refractivity contribution in [3.05, 3.63) is 66.7 Å². The average Bonchev–Trinajstić information content (AvgIpc) is 2.53. The summed E-state index contributed by atoms with van der Waals surface area (Å²) in [5.74, 6) is 0.656. The molecule has 0 aliphatic heterocycles. The first kappa shape index (κ1) is 15.0. The minimum atomic E-state index is -0.566. The van der Waals surface area contributed by atoms with E-state index < -0.39 is 7.69 Å². The molecule has 0 N–H and O–H groups in total. The van der Waals surface area contributed by atoms with Crippen LogP contribution in [0.5, 0.6) is 5.75 Å². The van der Waals surface area contributed by atoms with Gasteiger partial charge in [0, 0.05) is 5.39 Å². The van der Waals surface area contributed by atoms with Crippen molar-refractivity contribution in [3.8, 4) is 5.75 Å². The van der Waals surface area contributed by atoms with Crippen LogP contribution in [0.1, 0.15) is 0 Å². The molecule has 0 spiro atoms. The summed E-state index contributed by atoms with van der Waals surface area (Å²) in [7, 11) is -0.566. The summed E-state index contributed by atoms with van der Waals surface area (Å²) in [6, 6.07) is 22.6. The molecule has 0 bridgehead atoms. The van der Waals surface area contributed by atoms with Gasteiger partial charge in [0.05, 0.1) is 0 Å². The third kappa shape index (κ3) is 2.38. The Morgan fingerprint density at radius 3 is 2.18 bits per heavy atom. The maximum atomic E-state index is 10.9. The first-order chi connectivity index (χ1) is 10.4. The minimum absolute atomic E-state index is 0. The zero-order valence-electron chi connectivity index (χ0n) is 12.4. The second kappa shape index (κ2) is 6.06. The topological polar surface area (TPSA) is 32.3 Å². The molecule has 0 saturated carbocycles. The summed E-state index contributed by atoms with van der Waals surface area (Å²) >= 11 is 0. The molecule has 0 aromatic heterocycles. The third-order valence-electron chi connectivity index (χ3n) is 3.90. The zero-order valence-corrected chi connectivity index (χ0v) is 12.4. The molecule has 22 heavy (non-hydrogen) atoms. The van der Waals surface area contributed by atoms with E-state index in [0.717, 1.165) is 21.5 Å². The van der Waals surface area contributed by atoms with Crippen LogP contribution in [0.2, 0.25) is 0 Å². The molecule has 0 saturated heterocycles. The Balaban J connectivity index is 0.00000144. The van der Waals surface area contributed by atoms with E-state index in [9.17, 15) is 5.02 Å². The van der Waals surface area contributed by atoms with Gasteiger partial charge in [0.15, 0.2) is 0 Å². The Labute approximate surface area is 141 Å². The molecule has 0 unspecified atom stereocenters. The standard InChI is InChI=1S/C18H12BO2.Li/c20-19-21-17-7-3-6-12-8-9-15-10-13-4-1-2-5-14(13)11-16(15)18(12)17;/h1-11,19H;/q-1;+1. The van der Waals surface area contributed by atoms with Gasteiger partial charge in [-0.1, -0.05) is 48.5 Å². The molecular formula is C18H12BLiO2. The number of hydrogen-bond donors (Lipinski definition) is 0. The minimum Gasteiger partial charge on any atom is -0.849 e. The summed E-state index contributed by atoms with van der Waals surface area (Å²) < 4.78 is 5.28. The molecule has 0 radical (unpaired) electrons. The Bertz CT molecular complexity index is 969. The second-order valence-electron chi connectivity index (χ2n) is 5.10. The molecule has 0 aliphatic rings. The molecular weight excluding hydrogens is 266 g/mol. The number of rotatable bonds is 2. The number of benzene rings is 4. The van der Waals surface area contributed by atoms with Crippen molar-refractivity contribution < 1.29 is 28.5 Å². The molecule has 0 atom stereocenters. The van der Waals surface area contributed by atoms with Gasteiger partial charge < -0.3 is 9.68 Å². The molecule has 4 aromatic rings. The van der Waals surface area contributed by atoms with Gasteiger partial charge in [-0.15, -0.1) is 0 Å². The average molecular weight is 278 g/mol. The van der Waals surface area contributed by atoms with Crippen LogP contribution in [0.4, 0.5) is 0 Å². The van der Waals surface area contributed by atoms with Crippen LogP contribution in [0.25, 0.3) is 32.3 Å². The molecule has 0 fully saturated rings. The maximum Gasteiger partial charge on any atom is 1.00 e. The van der Waals surface area contributed by atoms with Gasteiger partial charge in [0.2, 0.25) is 7.69 Å². The Hall–Kier alpha value is -1.92. The van der Waals surface area contributed by atoms with Crippen LogP contribution >= 0.6 is 0 Å². The zero-order chi connectivity index (χ0) is 14.2. The van der Waals surface area contributed by atoms with Gasteiger partial charge in [-0.3, -0.25) is 0 Å². The Morgan fingerprint density at radius 1 is 0.727 bits per heavy atom. The maximum absolute atomic E-state index is 10.9. The van der Waals surface area contributed by atoms with Gasteiger partial charge in [0.1, 0.15) is 5.75 Å². The fourth-order valence-electron chi connectivity index (χ4n) is 2.95. The van der Waals surface area contributed by atoms with Crippen molar-refractivity contribution in [2.24, 2.45) is 0 Å². The van der Waals surface area contributed by atoms with E-state index in [1.807, 2.05) is 30.3 Å². The van der Waals surface area contributed by atoms with Crippen molar-refractivity contribution >= 4 is 40.0 Å². The largest absolute Gasteiger partial charge is 1.00 e. The van der Waals surface area contributed by atoms with Crippen molar-refractivity contribution in [1.29, 1.82) is 0 Å². The van der Waals surface area contributed by atoms with E-state index in [4.69, 9.17) is 4.65 Å². The third-order valence-corrected chi connectivity index (χ3v) is 3.90. The quantitative estimate of drug-likeness (QED) is 0.297. The summed E-state index contributed by atoms with van der Waals surface area (Å²) in [4.78, 5) is 0. The van der Waals surface area contributed by atoms with Gasteiger partial charge in [-0.2, -0.15) is 0 Å². The van der Waals surface area contributed by atoms with Crippen molar-refractivity contribution in [1.82, 2.24) is 0 Å². The van der Waals surface area contributed by atoms with Crippen LogP contribution in [0, 0.1) is 0 Å². The summed E-state index contributed by atoms with van der Waals surface area (Å²) in [5.41, 5.74) is 0. The molecule has 2 nitrogen and oxygen atoms in total. The fourth-order valence-corrected chi connectivity index (χ4v) is 2.95. The van der Waals surface area contributed by atoms with Crippen LogP contribution < -0.4 is 28.5 Å². The molecule has 0 heterocycles. The number of fused-ring (bicyclic) bond motifs is 4. The molecule has 100 valence electrons. The van der Waals surface area contributed by atoms with E-state index >= 15 is 0 Å². The first-order valence-corrected chi connectivity index (χ1v) is 6.92. The molecule has 0 aliphatic carbocycles. The van der Waals surface area contributed by atoms with E-state index in [0.29, 0.717) is 5.75 Å². The molecule has 0 amide bonds. The normalized spacial score (nSPS) is 10.6. The van der Waals surface area contributed by atoms with E-state index in [2.05, 4.69) is 36.4 Å². The van der Waals surface area contributed by atoms with E-state index in [1.165, 1.54) is 10.8 Å². The van der Waals surface area contributed by atoms with Gasteiger partial charge in [0.25, 0.3) is 0 Å². The Kier molecular flexibility index (Phi) is 4.13. The summed E-state index contributed by atoms with van der Waals surface area (Å²) in [6.45, 7) is 0.